The molecular formula is C11H21NO4. The van der Waals surface area contributed by atoms with Gasteiger partial charge in [-0.1, -0.05) is 13.8 Å². The highest BCUT2D eigenvalue weighted by Crippen LogP contribution is 2.02. The van der Waals surface area contributed by atoms with E-state index in [0.29, 0.717) is 19.7 Å². The van der Waals surface area contributed by atoms with Crippen LogP contribution in [0, 0.1) is 5.92 Å². The average molecular weight is 231 g/mol. The minimum absolute atomic E-state index is 0.166. The number of carboxylic acids is 1. The first-order valence-corrected chi connectivity index (χ1v) is 5.62. The molecule has 1 atom stereocenters. The van der Waals surface area contributed by atoms with Gasteiger partial charge in [0.1, 0.15) is 0 Å². The number of aliphatic carboxylic acids is 1. The number of ether oxygens (including phenoxy) is 1. The summed E-state index contributed by atoms with van der Waals surface area (Å²) >= 11 is 0. The van der Waals surface area contributed by atoms with Gasteiger partial charge in [-0.25, -0.2) is 0 Å². The van der Waals surface area contributed by atoms with Crippen LogP contribution in [0.15, 0.2) is 0 Å². The van der Waals surface area contributed by atoms with Crippen LogP contribution in [0.1, 0.15) is 27.2 Å². The summed E-state index contributed by atoms with van der Waals surface area (Å²) in [6, 6.07) is 0. The highest BCUT2D eigenvalue weighted by Gasteiger charge is 2.18. The molecule has 0 spiro atoms. The predicted octanol–water partition coefficient (Wildman–Crippen LogP) is 0.982. The Labute approximate surface area is 96.4 Å². The van der Waals surface area contributed by atoms with Crippen molar-refractivity contribution in [3.63, 3.8) is 0 Å². The summed E-state index contributed by atoms with van der Waals surface area (Å²) in [5.74, 6) is -1.61. The molecule has 0 rings (SSSR count). The molecule has 0 aromatic carbocycles. The largest absolute Gasteiger partial charge is 0.481 e. The molecule has 1 N–H and O–H groups in total. The molecule has 0 aliphatic carbocycles. The molecule has 0 aromatic rings. The summed E-state index contributed by atoms with van der Waals surface area (Å²) in [5.41, 5.74) is 0. The zero-order chi connectivity index (χ0) is 12.6. The van der Waals surface area contributed by atoms with Gasteiger partial charge >= 0.3 is 11.9 Å². The van der Waals surface area contributed by atoms with Crippen molar-refractivity contribution in [2.75, 3.05) is 26.2 Å². The molecule has 0 saturated carbocycles. The van der Waals surface area contributed by atoms with Gasteiger partial charge in [-0.3, -0.25) is 14.5 Å². The zero-order valence-corrected chi connectivity index (χ0v) is 10.2. The quantitative estimate of drug-likeness (QED) is 0.631. The van der Waals surface area contributed by atoms with E-state index in [9.17, 15) is 9.59 Å². The predicted molar refractivity (Wildman–Crippen MR) is 60.2 cm³/mol. The van der Waals surface area contributed by atoms with Gasteiger partial charge in [0, 0.05) is 6.54 Å². The van der Waals surface area contributed by atoms with Gasteiger partial charge in [0.25, 0.3) is 0 Å². The van der Waals surface area contributed by atoms with Gasteiger partial charge in [-0.15, -0.1) is 0 Å². The molecule has 0 bridgehead atoms. The SMILES string of the molecule is CCCN(CC(=O)OCC)CC(C)C(=O)O. The third kappa shape index (κ3) is 6.40. The highest BCUT2D eigenvalue weighted by atomic mass is 16.5. The van der Waals surface area contributed by atoms with Crippen molar-refractivity contribution in [1.29, 1.82) is 0 Å². The standard InChI is InChI=1S/C11H21NO4/c1-4-6-12(7-9(3)11(14)15)8-10(13)16-5-2/h9H,4-8H2,1-3H3,(H,14,15). The van der Waals surface area contributed by atoms with E-state index in [1.54, 1.807) is 13.8 Å². The number of hydrogen-bond acceptors (Lipinski definition) is 4. The topological polar surface area (TPSA) is 66.8 Å². The molecule has 0 aliphatic rings. The number of hydrogen-bond donors (Lipinski definition) is 1. The van der Waals surface area contributed by atoms with E-state index in [-0.39, 0.29) is 12.5 Å². The van der Waals surface area contributed by atoms with Crippen molar-refractivity contribution < 1.29 is 19.4 Å². The fourth-order valence-corrected chi connectivity index (χ4v) is 1.41. The smallest absolute Gasteiger partial charge is 0.320 e. The Bertz CT molecular complexity index is 230. The summed E-state index contributed by atoms with van der Waals surface area (Å²) in [6.45, 7) is 6.98. The van der Waals surface area contributed by atoms with E-state index >= 15 is 0 Å². The molecule has 0 amide bonds. The number of nitrogens with zero attached hydrogens (tertiary/aromatic N) is 1. The van der Waals surface area contributed by atoms with E-state index < -0.39 is 11.9 Å². The minimum Gasteiger partial charge on any atom is -0.481 e. The van der Waals surface area contributed by atoms with Gasteiger partial charge in [0.2, 0.25) is 0 Å². The Morgan fingerprint density at radius 2 is 2.00 bits per heavy atom. The van der Waals surface area contributed by atoms with E-state index in [1.165, 1.54) is 0 Å². The van der Waals surface area contributed by atoms with Crippen LogP contribution in [-0.2, 0) is 14.3 Å². The van der Waals surface area contributed by atoms with E-state index in [4.69, 9.17) is 9.84 Å². The first-order valence-electron chi connectivity index (χ1n) is 5.62. The summed E-state index contributed by atoms with van der Waals surface area (Å²) in [5, 5.41) is 8.79. The van der Waals surface area contributed by atoms with Crippen molar-refractivity contribution in [1.82, 2.24) is 4.90 Å². The third-order valence-corrected chi connectivity index (χ3v) is 2.15. The first-order chi connectivity index (χ1) is 7.51. The number of esters is 1. The molecule has 0 aliphatic heterocycles. The van der Waals surface area contributed by atoms with Crippen LogP contribution in [0.2, 0.25) is 0 Å². The lowest BCUT2D eigenvalue weighted by Crippen LogP contribution is -2.37. The molecule has 0 fully saturated rings. The summed E-state index contributed by atoms with van der Waals surface area (Å²) in [7, 11) is 0. The zero-order valence-electron chi connectivity index (χ0n) is 10.2. The number of rotatable bonds is 8. The Morgan fingerprint density at radius 3 is 2.44 bits per heavy atom. The van der Waals surface area contributed by atoms with Crippen LogP contribution in [-0.4, -0.2) is 48.2 Å². The fourth-order valence-electron chi connectivity index (χ4n) is 1.41. The maximum Gasteiger partial charge on any atom is 0.320 e. The Morgan fingerprint density at radius 1 is 1.38 bits per heavy atom. The Hall–Kier alpha value is -1.10. The molecule has 5 heteroatoms. The molecule has 1 unspecified atom stereocenters. The van der Waals surface area contributed by atoms with Gasteiger partial charge in [-0.05, 0) is 19.9 Å². The number of carbonyl (C=O) groups is 2. The van der Waals surface area contributed by atoms with Crippen LogP contribution in [0.5, 0.6) is 0 Å². The van der Waals surface area contributed by atoms with Gasteiger partial charge in [0.05, 0.1) is 19.1 Å². The molecular weight excluding hydrogens is 210 g/mol. The molecule has 5 nitrogen and oxygen atoms in total. The molecule has 0 radical (unpaired) electrons. The van der Waals surface area contributed by atoms with Crippen molar-refractivity contribution in [3.8, 4) is 0 Å². The lowest BCUT2D eigenvalue weighted by molar-refractivity contribution is -0.147. The van der Waals surface area contributed by atoms with Crippen LogP contribution in [0.25, 0.3) is 0 Å². The normalized spacial score (nSPS) is 12.5. The van der Waals surface area contributed by atoms with Crippen LogP contribution >= 0.6 is 0 Å². The maximum absolute atomic E-state index is 11.3. The number of carbonyl (C=O) groups excluding carboxylic acids is 1. The molecule has 16 heavy (non-hydrogen) atoms. The van der Waals surface area contributed by atoms with E-state index in [1.807, 2.05) is 11.8 Å². The minimum atomic E-state index is -0.843. The van der Waals surface area contributed by atoms with E-state index in [0.717, 1.165) is 6.42 Å². The van der Waals surface area contributed by atoms with Crippen LogP contribution < -0.4 is 0 Å². The van der Waals surface area contributed by atoms with E-state index in [2.05, 4.69) is 0 Å². The first kappa shape index (κ1) is 14.9. The summed E-state index contributed by atoms with van der Waals surface area (Å²) < 4.78 is 4.83. The van der Waals surface area contributed by atoms with Crippen molar-refractivity contribution in [2.24, 2.45) is 5.92 Å². The molecule has 0 heterocycles. The lowest BCUT2D eigenvalue weighted by atomic mass is 10.1. The van der Waals surface area contributed by atoms with Crippen LogP contribution in [0.4, 0.5) is 0 Å². The van der Waals surface area contributed by atoms with Crippen molar-refractivity contribution >= 4 is 11.9 Å². The molecule has 0 saturated heterocycles. The highest BCUT2D eigenvalue weighted by molar-refractivity contribution is 5.72. The van der Waals surface area contributed by atoms with Gasteiger partial charge < -0.3 is 9.84 Å². The molecule has 0 aromatic heterocycles. The average Bonchev–Trinajstić information content (AvgIpc) is 2.17. The maximum atomic E-state index is 11.3. The molecule has 94 valence electrons. The van der Waals surface area contributed by atoms with Gasteiger partial charge in [-0.2, -0.15) is 0 Å². The van der Waals surface area contributed by atoms with Gasteiger partial charge in [0.15, 0.2) is 0 Å². The monoisotopic (exact) mass is 231 g/mol. The Balaban J connectivity index is 4.15. The summed E-state index contributed by atoms with van der Waals surface area (Å²) in [6.07, 6.45) is 0.881. The fraction of sp³-hybridized carbons (Fsp3) is 0.818. The second-order valence-corrected chi connectivity index (χ2v) is 3.78. The number of carboxylic acid groups (broad SMARTS) is 1. The summed E-state index contributed by atoms with van der Waals surface area (Å²) in [4.78, 5) is 23.8. The second-order valence-electron chi connectivity index (χ2n) is 3.78. The van der Waals surface area contributed by atoms with Crippen molar-refractivity contribution in [3.05, 3.63) is 0 Å². The second kappa shape index (κ2) is 8.10. The Kier molecular flexibility index (Phi) is 7.54. The van der Waals surface area contributed by atoms with Crippen LogP contribution in [0.3, 0.4) is 0 Å². The lowest BCUT2D eigenvalue weighted by Gasteiger charge is -2.22. The van der Waals surface area contributed by atoms with Crippen molar-refractivity contribution in [2.45, 2.75) is 27.2 Å². The third-order valence-electron chi connectivity index (χ3n) is 2.15.